The quantitative estimate of drug-likeness (QED) is 0.531. The predicted octanol–water partition coefficient (Wildman–Crippen LogP) is 5.79. The van der Waals surface area contributed by atoms with Crippen LogP contribution in [-0.4, -0.2) is 13.0 Å². The van der Waals surface area contributed by atoms with Gasteiger partial charge < -0.3 is 10.1 Å². The number of hydrogen-bond donors (Lipinski definition) is 1. The summed E-state index contributed by atoms with van der Waals surface area (Å²) >= 11 is 0. The Morgan fingerprint density at radius 2 is 1.48 bits per heavy atom. The summed E-state index contributed by atoms with van der Waals surface area (Å²) in [4.78, 5) is 13.0. The lowest BCUT2D eigenvalue weighted by atomic mass is 9.88. The summed E-state index contributed by atoms with van der Waals surface area (Å²) in [6, 6.07) is 26.6. The van der Waals surface area contributed by atoms with Gasteiger partial charge in [0.25, 0.3) is 0 Å². The van der Waals surface area contributed by atoms with Crippen LogP contribution in [-0.2, 0) is 4.79 Å². The van der Waals surface area contributed by atoms with Crippen molar-refractivity contribution in [3.8, 4) is 5.75 Å². The lowest BCUT2D eigenvalue weighted by Crippen LogP contribution is -2.29. The topological polar surface area (TPSA) is 38.3 Å². The smallest absolute Gasteiger partial charge is 0.221 e. The molecule has 3 heteroatoms. The molecule has 150 valence electrons. The molecule has 0 spiro atoms. The fourth-order valence-electron chi connectivity index (χ4n) is 3.78. The van der Waals surface area contributed by atoms with Crippen LogP contribution in [0.4, 0.5) is 0 Å². The van der Waals surface area contributed by atoms with E-state index in [0.29, 0.717) is 6.42 Å². The molecule has 0 radical (unpaired) electrons. The lowest BCUT2D eigenvalue weighted by Gasteiger charge is -2.22. The first kappa shape index (κ1) is 20.7. The van der Waals surface area contributed by atoms with Gasteiger partial charge in [-0.05, 0) is 41.7 Å². The molecule has 3 nitrogen and oxygen atoms in total. The second kappa shape index (κ2) is 9.92. The van der Waals surface area contributed by atoms with E-state index in [0.717, 1.165) is 34.4 Å². The van der Waals surface area contributed by atoms with Crippen molar-refractivity contribution < 1.29 is 9.53 Å². The molecule has 0 bridgehead atoms. The number of benzene rings is 3. The van der Waals surface area contributed by atoms with Crippen molar-refractivity contribution >= 4 is 5.91 Å². The third-order valence-corrected chi connectivity index (χ3v) is 5.36. The van der Waals surface area contributed by atoms with Crippen LogP contribution < -0.4 is 10.1 Å². The molecule has 0 fully saturated rings. The first-order valence-corrected chi connectivity index (χ1v) is 10.2. The summed E-state index contributed by atoms with van der Waals surface area (Å²) in [5, 5.41) is 3.24. The Morgan fingerprint density at radius 1 is 0.897 bits per heavy atom. The third kappa shape index (κ3) is 5.26. The molecular formula is C26H29NO2. The first-order valence-electron chi connectivity index (χ1n) is 10.2. The largest absolute Gasteiger partial charge is 0.496 e. The van der Waals surface area contributed by atoms with Crippen molar-refractivity contribution in [2.45, 2.75) is 38.6 Å². The van der Waals surface area contributed by atoms with E-state index in [-0.39, 0.29) is 17.9 Å². The Kier molecular flexibility index (Phi) is 7.07. The van der Waals surface area contributed by atoms with Gasteiger partial charge in [-0.25, -0.2) is 0 Å². The van der Waals surface area contributed by atoms with Crippen molar-refractivity contribution in [3.63, 3.8) is 0 Å². The van der Waals surface area contributed by atoms with Gasteiger partial charge in [0.05, 0.1) is 13.2 Å². The Bertz CT molecular complexity index is 882. The minimum absolute atomic E-state index is 0.0145. The number of hydrogen-bond acceptors (Lipinski definition) is 2. The number of methoxy groups -OCH3 is 1. The van der Waals surface area contributed by atoms with E-state index in [1.165, 1.54) is 0 Å². The maximum absolute atomic E-state index is 13.0. The number of amides is 1. The molecule has 0 aromatic heterocycles. The van der Waals surface area contributed by atoms with Crippen LogP contribution in [0.5, 0.6) is 5.75 Å². The molecule has 1 amide bonds. The van der Waals surface area contributed by atoms with Gasteiger partial charge in [0.1, 0.15) is 5.75 Å². The summed E-state index contributed by atoms with van der Waals surface area (Å²) in [5.74, 6) is 0.957. The van der Waals surface area contributed by atoms with E-state index in [1.807, 2.05) is 55.5 Å². The highest BCUT2D eigenvalue weighted by atomic mass is 16.5. The molecule has 0 saturated heterocycles. The number of ether oxygens (including phenoxy) is 1. The highest BCUT2D eigenvalue weighted by molar-refractivity contribution is 5.78. The van der Waals surface area contributed by atoms with Crippen LogP contribution in [0.2, 0.25) is 0 Å². The summed E-state index contributed by atoms with van der Waals surface area (Å²) in [7, 11) is 1.67. The van der Waals surface area contributed by atoms with Crippen molar-refractivity contribution in [1.29, 1.82) is 0 Å². The second-order valence-electron chi connectivity index (χ2n) is 7.34. The number of rotatable bonds is 8. The molecule has 0 heterocycles. The van der Waals surface area contributed by atoms with Gasteiger partial charge in [0, 0.05) is 12.3 Å². The van der Waals surface area contributed by atoms with E-state index >= 15 is 0 Å². The Balaban J connectivity index is 1.78. The molecule has 1 N–H and O–H groups in total. The van der Waals surface area contributed by atoms with Crippen molar-refractivity contribution in [1.82, 2.24) is 5.32 Å². The van der Waals surface area contributed by atoms with Gasteiger partial charge in [-0.15, -0.1) is 0 Å². The van der Waals surface area contributed by atoms with Crippen LogP contribution in [0.25, 0.3) is 0 Å². The average Bonchev–Trinajstić information content (AvgIpc) is 2.77. The van der Waals surface area contributed by atoms with Gasteiger partial charge in [0.15, 0.2) is 0 Å². The minimum Gasteiger partial charge on any atom is -0.496 e. The molecule has 3 aromatic carbocycles. The zero-order valence-electron chi connectivity index (χ0n) is 17.4. The second-order valence-corrected chi connectivity index (χ2v) is 7.34. The van der Waals surface area contributed by atoms with E-state index in [9.17, 15) is 4.79 Å². The van der Waals surface area contributed by atoms with Gasteiger partial charge in [-0.2, -0.15) is 0 Å². The highest BCUT2D eigenvalue weighted by Gasteiger charge is 2.20. The molecule has 0 aliphatic rings. The molecule has 3 rings (SSSR count). The molecule has 1 atom stereocenters. The number of nitrogens with one attached hydrogen (secondary N) is 1. The normalized spacial score (nSPS) is 11.9. The maximum atomic E-state index is 13.0. The van der Waals surface area contributed by atoms with Gasteiger partial charge in [-0.3, -0.25) is 4.79 Å². The van der Waals surface area contributed by atoms with Gasteiger partial charge in [-0.1, -0.05) is 79.7 Å². The maximum Gasteiger partial charge on any atom is 0.221 e. The van der Waals surface area contributed by atoms with E-state index in [1.54, 1.807) is 7.11 Å². The number of aryl methyl sites for hydroxylation is 1. The van der Waals surface area contributed by atoms with Gasteiger partial charge >= 0.3 is 0 Å². The van der Waals surface area contributed by atoms with Crippen molar-refractivity contribution in [2.75, 3.05) is 7.11 Å². The van der Waals surface area contributed by atoms with Gasteiger partial charge in [0.2, 0.25) is 5.91 Å². The van der Waals surface area contributed by atoms with Crippen LogP contribution in [0.1, 0.15) is 54.0 Å². The van der Waals surface area contributed by atoms with E-state index in [2.05, 4.69) is 42.6 Å². The Morgan fingerprint density at radius 3 is 1.97 bits per heavy atom. The molecule has 0 aliphatic carbocycles. The Labute approximate surface area is 173 Å². The molecule has 0 saturated carbocycles. The summed E-state index contributed by atoms with van der Waals surface area (Å²) in [6.45, 7) is 4.12. The Hall–Kier alpha value is -3.07. The first-order chi connectivity index (χ1) is 14.1. The van der Waals surface area contributed by atoms with Crippen molar-refractivity contribution in [2.24, 2.45) is 0 Å². The van der Waals surface area contributed by atoms with Crippen LogP contribution in [0.3, 0.4) is 0 Å². The minimum atomic E-state index is -0.0145. The summed E-state index contributed by atoms with van der Waals surface area (Å²) in [6.07, 6.45) is 1.25. The molecule has 29 heavy (non-hydrogen) atoms. The number of carbonyl (C=O) groups is 1. The number of carbonyl (C=O) groups excluding carboxylic acids is 1. The third-order valence-electron chi connectivity index (χ3n) is 5.36. The molecule has 0 aliphatic heterocycles. The van der Waals surface area contributed by atoms with E-state index < -0.39 is 0 Å². The molecule has 3 aromatic rings. The summed E-state index contributed by atoms with van der Waals surface area (Å²) < 4.78 is 5.36. The zero-order valence-corrected chi connectivity index (χ0v) is 17.4. The van der Waals surface area contributed by atoms with Crippen LogP contribution >= 0.6 is 0 Å². The predicted molar refractivity (Wildman–Crippen MR) is 118 cm³/mol. The highest BCUT2D eigenvalue weighted by Crippen LogP contribution is 2.29. The van der Waals surface area contributed by atoms with Crippen LogP contribution in [0.15, 0.2) is 78.9 Å². The zero-order chi connectivity index (χ0) is 20.6. The fourth-order valence-corrected chi connectivity index (χ4v) is 3.78. The molecular weight excluding hydrogens is 358 g/mol. The molecule has 0 unspecified atom stereocenters. The SMILES string of the molecule is CC[C@H](NC(=O)CC(c1ccccc1)c1ccccc1)c1ccc(OC)c(C)c1. The van der Waals surface area contributed by atoms with Crippen molar-refractivity contribution in [3.05, 3.63) is 101 Å². The van der Waals surface area contributed by atoms with Crippen LogP contribution in [0, 0.1) is 6.92 Å². The average molecular weight is 388 g/mol. The lowest BCUT2D eigenvalue weighted by molar-refractivity contribution is -0.122. The van der Waals surface area contributed by atoms with E-state index in [4.69, 9.17) is 4.74 Å². The summed E-state index contributed by atoms with van der Waals surface area (Å²) in [5.41, 5.74) is 4.49. The standard InChI is InChI=1S/C26H29NO2/c1-4-24(22-15-16-25(29-3)19(2)17-22)27-26(28)18-23(20-11-7-5-8-12-20)21-13-9-6-10-14-21/h5-17,23-24H,4,18H2,1-3H3,(H,27,28)/t24-/m0/s1. The monoisotopic (exact) mass is 387 g/mol. The fraction of sp³-hybridized carbons (Fsp3) is 0.269.